The zero-order valence-electron chi connectivity index (χ0n) is 18.1. The summed E-state index contributed by atoms with van der Waals surface area (Å²) in [6, 6.07) is 7.59. The Hall–Kier alpha value is -2.57. The molecule has 1 aromatic carbocycles. The minimum atomic E-state index is -0.496. The van der Waals surface area contributed by atoms with E-state index >= 15 is 0 Å². The summed E-state index contributed by atoms with van der Waals surface area (Å²) in [5.74, 6) is 0.353. The first-order valence-electron chi connectivity index (χ1n) is 10.8. The van der Waals surface area contributed by atoms with Crippen molar-refractivity contribution in [3.05, 3.63) is 29.8 Å². The lowest BCUT2D eigenvalue weighted by atomic mass is 9.77. The number of para-hydroxylation sites is 1. The lowest BCUT2D eigenvalue weighted by molar-refractivity contribution is -0.152. The number of carbonyl (C=O) groups excluding carboxylic acids is 3. The van der Waals surface area contributed by atoms with Gasteiger partial charge in [0.1, 0.15) is 5.75 Å². The van der Waals surface area contributed by atoms with Crippen LogP contribution in [-0.2, 0) is 25.7 Å². The molecule has 0 aromatic heterocycles. The third-order valence-electron chi connectivity index (χ3n) is 6.57. The molecule has 30 heavy (non-hydrogen) atoms. The molecular weight excluding hydrogens is 384 g/mol. The van der Waals surface area contributed by atoms with Gasteiger partial charge in [0.25, 0.3) is 5.91 Å². The smallest absolute Gasteiger partial charge is 0.311 e. The van der Waals surface area contributed by atoms with Crippen molar-refractivity contribution in [1.82, 2.24) is 10.2 Å². The maximum absolute atomic E-state index is 12.5. The maximum atomic E-state index is 12.5. The van der Waals surface area contributed by atoms with Gasteiger partial charge in [-0.15, -0.1) is 0 Å². The van der Waals surface area contributed by atoms with Crippen molar-refractivity contribution >= 4 is 17.8 Å². The fourth-order valence-corrected chi connectivity index (χ4v) is 4.55. The highest BCUT2D eigenvalue weighted by atomic mass is 16.5. The number of nitrogens with zero attached hydrogens (tertiary/aromatic N) is 1. The van der Waals surface area contributed by atoms with Crippen molar-refractivity contribution in [2.45, 2.75) is 52.1 Å². The lowest BCUT2D eigenvalue weighted by Crippen LogP contribution is -2.45. The molecule has 0 bridgehead atoms. The number of amides is 2. The minimum Gasteiger partial charge on any atom is -0.496 e. The molecule has 0 spiro atoms. The van der Waals surface area contributed by atoms with E-state index in [1.54, 1.807) is 7.11 Å². The van der Waals surface area contributed by atoms with Gasteiger partial charge in [0.05, 0.1) is 13.0 Å². The Kier molecular flexibility index (Phi) is 7.34. The fourth-order valence-electron chi connectivity index (χ4n) is 4.55. The van der Waals surface area contributed by atoms with Gasteiger partial charge in [0.15, 0.2) is 6.61 Å². The highest BCUT2D eigenvalue weighted by molar-refractivity contribution is 5.88. The minimum absolute atomic E-state index is 0.0172. The number of ether oxygens (including phenoxy) is 2. The van der Waals surface area contributed by atoms with Gasteiger partial charge in [-0.05, 0) is 24.3 Å². The summed E-state index contributed by atoms with van der Waals surface area (Å²) in [5.41, 5.74) is 0.840. The van der Waals surface area contributed by atoms with Crippen LogP contribution >= 0.6 is 0 Å². The van der Waals surface area contributed by atoms with Crippen molar-refractivity contribution in [3.63, 3.8) is 0 Å². The van der Waals surface area contributed by atoms with E-state index in [1.165, 1.54) is 6.42 Å². The van der Waals surface area contributed by atoms with Crippen LogP contribution in [0.25, 0.3) is 0 Å². The van der Waals surface area contributed by atoms with Crippen molar-refractivity contribution in [2.24, 2.45) is 17.8 Å². The average molecular weight is 417 g/mol. The van der Waals surface area contributed by atoms with E-state index in [2.05, 4.69) is 19.2 Å². The summed E-state index contributed by atoms with van der Waals surface area (Å²) in [6.07, 6.45) is 3.46. The predicted molar refractivity (Wildman–Crippen MR) is 112 cm³/mol. The van der Waals surface area contributed by atoms with Crippen LogP contribution in [0.3, 0.4) is 0 Å². The van der Waals surface area contributed by atoms with Gasteiger partial charge < -0.3 is 19.7 Å². The summed E-state index contributed by atoms with van der Waals surface area (Å²) in [7, 11) is 1.57. The van der Waals surface area contributed by atoms with E-state index in [4.69, 9.17) is 9.47 Å². The number of hydrogen-bond acceptors (Lipinski definition) is 5. The average Bonchev–Trinajstić information content (AvgIpc) is 3.14. The van der Waals surface area contributed by atoms with Crippen LogP contribution in [0.15, 0.2) is 24.3 Å². The van der Waals surface area contributed by atoms with Crippen LogP contribution < -0.4 is 10.1 Å². The fraction of sp³-hybridized carbons (Fsp3) is 0.609. The van der Waals surface area contributed by atoms with Gasteiger partial charge in [-0.25, -0.2) is 0 Å². The number of methoxy groups -OCH3 is 1. The molecule has 2 fully saturated rings. The SMILES string of the molecule is COc1ccccc1CNC(=O)COC(=O)[C@@H]1CC(=O)N([C@@H]2CCC[C@@H](C)[C@H]2C)C1. The molecule has 1 aliphatic carbocycles. The number of carbonyl (C=O) groups is 3. The number of likely N-dealkylation sites (tertiary alicyclic amines) is 1. The number of nitrogens with one attached hydrogen (secondary N) is 1. The highest BCUT2D eigenvalue weighted by Gasteiger charge is 2.42. The number of benzene rings is 1. The molecule has 7 nitrogen and oxygen atoms in total. The van der Waals surface area contributed by atoms with Crippen LogP contribution in [0.2, 0.25) is 0 Å². The van der Waals surface area contributed by atoms with E-state index in [9.17, 15) is 14.4 Å². The standard InChI is InChI=1S/C23H32N2O5/c1-15-7-6-9-19(16(15)2)25-13-18(11-22(25)27)23(28)30-14-21(26)24-12-17-8-4-5-10-20(17)29-3/h4-5,8,10,15-16,18-19H,6-7,9,11-14H2,1-3H3,(H,24,26)/t15-,16-,18-,19-/m1/s1. The van der Waals surface area contributed by atoms with E-state index in [1.807, 2.05) is 29.2 Å². The first-order chi connectivity index (χ1) is 14.4. The molecule has 4 atom stereocenters. The van der Waals surface area contributed by atoms with Gasteiger partial charge in [0, 0.05) is 31.1 Å². The molecule has 2 amide bonds. The topological polar surface area (TPSA) is 84.9 Å². The van der Waals surface area contributed by atoms with Crippen LogP contribution in [0.4, 0.5) is 0 Å². The first-order valence-corrected chi connectivity index (χ1v) is 10.8. The molecule has 1 saturated carbocycles. The third-order valence-corrected chi connectivity index (χ3v) is 6.57. The monoisotopic (exact) mass is 416 g/mol. The number of rotatable bonds is 7. The van der Waals surface area contributed by atoms with Crippen molar-refractivity contribution < 1.29 is 23.9 Å². The Morgan fingerprint density at radius 3 is 2.73 bits per heavy atom. The molecule has 3 rings (SSSR count). The zero-order valence-corrected chi connectivity index (χ0v) is 18.1. The largest absolute Gasteiger partial charge is 0.496 e. The van der Waals surface area contributed by atoms with E-state index in [0.717, 1.165) is 18.4 Å². The normalized spacial score (nSPS) is 26.4. The summed E-state index contributed by atoms with van der Waals surface area (Å²) >= 11 is 0. The number of hydrogen-bond donors (Lipinski definition) is 1. The van der Waals surface area contributed by atoms with Crippen LogP contribution in [0, 0.1) is 17.8 Å². The second-order valence-corrected chi connectivity index (χ2v) is 8.48. The zero-order chi connectivity index (χ0) is 21.7. The van der Waals surface area contributed by atoms with E-state index in [0.29, 0.717) is 24.1 Å². The molecular formula is C23H32N2O5. The maximum Gasteiger partial charge on any atom is 0.311 e. The van der Waals surface area contributed by atoms with Crippen LogP contribution in [0.5, 0.6) is 5.75 Å². The molecule has 164 valence electrons. The van der Waals surface area contributed by atoms with Crippen molar-refractivity contribution in [2.75, 3.05) is 20.3 Å². The lowest BCUT2D eigenvalue weighted by Gasteiger charge is -2.39. The Morgan fingerprint density at radius 2 is 1.97 bits per heavy atom. The Labute approximate surface area is 178 Å². The molecule has 1 heterocycles. The Bertz CT molecular complexity index is 781. The van der Waals surface area contributed by atoms with Gasteiger partial charge in [-0.2, -0.15) is 0 Å². The molecule has 1 saturated heterocycles. The summed E-state index contributed by atoms with van der Waals surface area (Å²) < 4.78 is 10.5. The van der Waals surface area contributed by atoms with Crippen molar-refractivity contribution in [1.29, 1.82) is 0 Å². The van der Waals surface area contributed by atoms with Gasteiger partial charge in [0.2, 0.25) is 5.91 Å². The van der Waals surface area contributed by atoms with Gasteiger partial charge >= 0.3 is 5.97 Å². The second-order valence-electron chi connectivity index (χ2n) is 8.48. The molecule has 1 aliphatic heterocycles. The molecule has 1 aromatic rings. The molecule has 2 aliphatic rings. The van der Waals surface area contributed by atoms with Gasteiger partial charge in [-0.3, -0.25) is 14.4 Å². The third kappa shape index (κ3) is 5.12. The molecule has 1 N–H and O–H groups in total. The van der Waals surface area contributed by atoms with Crippen LogP contribution in [0.1, 0.15) is 45.1 Å². The first kappa shape index (κ1) is 22.1. The molecule has 7 heteroatoms. The highest BCUT2D eigenvalue weighted by Crippen LogP contribution is 2.35. The summed E-state index contributed by atoms with van der Waals surface area (Å²) in [4.78, 5) is 38.9. The summed E-state index contributed by atoms with van der Waals surface area (Å²) in [5, 5.41) is 2.73. The second kappa shape index (κ2) is 9.96. The predicted octanol–water partition coefficient (Wildman–Crippen LogP) is 2.53. The summed E-state index contributed by atoms with van der Waals surface area (Å²) in [6.45, 7) is 4.75. The quantitative estimate of drug-likeness (QED) is 0.691. The van der Waals surface area contributed by atoms with Crippen molar-refractivity contribution in [3.8, 4) is 5.75 Å². The Balaban J connectivity index is 1.46. The number of esters is 1. The van der Waals surface area contributed by atoms with E-state index in [-0.39, 0.29) is 37.4 Å². The van der Waals surface area contributed by atoms with Crippen LogP contribution in [-0.4, -0.2) is 49.0 Å². The molecule has 0 radical (unpaired) electrons. The van der Waals surface area contributed by atoms with E-state index < -0.39 is 11.9 Å². The molecule has 0 unspecified atom stereocenters. The Morgan fingerprint density at radius 1 is 1.20 bits per heavy atom. The van der Waals surface area contributed by atoms with Gasteiger partial charge in [-0.1, -0.05) is 44.9 Å².